The van der Waals surface area contributed by atoms with Crippen LogP contribution in [0.1, 0.15) is 30.4 Å². The molecule has 0 aliphatic rings. The van der Waals surface area contributed by atoms with Gasteiger partial charge in [-0.25, -0.2) is 13.1 Å². The van der Waals surface area contributed by atoms with Gasteiger partial charge >= 0.3 is 0 Å². The van der Waals surface area contributed by atoms with Gasteiger partial charge in [0.05, 0.1) is 10.8 Å². The molecule has 0 unspecified atom stereocenters. The number of carbonyl (C=O) groups excluding carboxylic acids is 1. The number of nitrogens with one attached hydrogen (secondary N) is 3. The van der Waals surface area contributed by atoms with E-state index in [1.807, 2.05) is 67.6 Å². The largest absolute Gasteiger partial charge is 0.332 e. The minimum absolute atomic E-state index is 0.131. The number of sulfonamides is 1. The summed E-state index contributed by atoms with van der Waals surface area (Å²) in [7, 11) is -3.54. The van der Waals surface area contributed by atoms with Gasteiger partial charge in [0.25, 0.3) is 0 Å². The van der Waals surface area contributed by atoms with Crippen LogP contribution in [0.2, 0.25) is 0 Å². The van der Waals surface area contributed by atoms with E-state index >= 15 is 0 Å². The smallest absolute Gasteiger partial charge is 0.240 e. The first kappa shape index (κ1) is 23.6. The summed E-state index contributed by atoms with van der Waals surface area (Å²) in [5, 5.41) is 5.82. The van der Waals surface area contributed by atoms with Crippen LogP contribution in [0.15, 0.2) is 89.8 Å². The highest BCUT2D eigenvalue weighted by Gasteiger charge is 2.23. The molecule has 0 heterocycles. The number of benzene rings is 3. The third kappa shape index (κ3) is 6.23. The van der Waals surface area contributed by atoms with Crippen LogP contribution < -0.4 is 15.4 Å². The van der Waals surface area contributed by atoms with Crippen molar-refractivity contribution in [2.75, 3.05) is 11.9 Å². The van der Waals surface area contributed by atoms with Crippen LogP contribution in [-0.2, 0) is 14.8 Å². The minimum atomic E-state index is -3.54. The minimum Gasteiger partial charge on any atom is -0.332 e. The monoisotopic (exact) mass is 467 g/mol. The molecule has 6 nitrogen and oxygen atoms in total. The van der Waals surface area contributed by atoms with E-state index in [1.54, 1.807) is 12.1 Å². The molecule has 0 bridgehead atoms. The molecule has 3 N–H and O–H groups in total. The Hall–Kier alpha value is -3.07. The predicted octanol–water partition coefficient (Wildman–Crippen LogP) is 4.02. The highest BCUT2D eigenvalue weighted by molar-refractivity contribution is 7.89. The van der Waals surface area contributed by atoms with Crippen LogP contribution in [0.25, 0.3) is 0 Å². The van der Waals surface area contributed by atoms with Crippen molar-refractivity contribution >= 4 is 38.9 Å². The molecule has 0 spiro atoms. The molecule has 1 amide bonds. The van der Waals surface area contributed by atoms with E-state index in [2.05, 4.69) is 15.4 Å². The first-order valence-electron chi connectivity index (χ1n) is 10.2. The van der Waals surface area contributed by atoms with Crippen molar-refractivity contribution in [1.82, 2.24) is 10.0 Å². The van der Waals surface area contributed by atoms with Crippen LogP contribution in [0.4, 0.5) is 5.69 Å². The van der Waals surface area contributed by atoms with Crippen LogP contribution >= 0.6 is 12.2 Å². The quantitative estimate of drug-likeness (QED) is 0.436. The van der Waals surface area contributed by atoms with E-state index in [1.165, 1.54) is 12.1 Å². The van der Waals surface area contributed by atoms with Gasteiger partial charge in [-0.1, -0.05) is 67.6 Å². The summed E-state index contributed by atoms with van der Waals surface area (Å²) in [4.78, 5) is 13.3. The maximum atomic E-state index is 13.1. The van der Waals surface area contributed by atoms with Crippen molar-refractivity contribution in [3.05, 3.63) is 96.1 Å². The van der Waals surface area contributed by atoms with Gasteiger partial charge in [-0.2, -0.15) is 0 Å². The topological polar surface area (TPSA) is 87.3 Å². The van der Waals surface area contributed by atoms with Gasteiger partial charge in [0.15, 0.2) is 5.11 Å². The molecule has 0 fully saturated rings. The zero-order chi connectivity index (χ0) is 23.0. The van der Waals surface area contributed by atoms with Gasteiger partial charge in [-0.05, 0) is 54.0 Å². The number of carbonyl (C=O) groups is 1. The van der Waals surface area contributed by atoms with Crippen molar-refractivity contribution in [2.45, 2.75) is 24.2 Å². The Balaban J connectivity index is 1.70. The maximum Gasteiger partial charge on any atom is 0.240 e. The average molecular weight is 468 g/mol. The lowest BCUT2D eigenvalue weighted by Crippen LogP contribution is -2.37. The van der Waals surface area contributed by atoms with Gasteiger partial charge in [0.1, 0.15) is 0 Å². The fraction of sp³-hybridized carbons (Fsp3) is 0.167. The van der Waals surface area contributed by atoms with Crippen molar-refractivity contribution < 1.29 is 13.2 Å². The second kappa shape index (κ2) is 11.0. The third-order valence-corrected chi connectivity index (χ3v) is 6.41. The summed E-state index contributed by atoms with van der Waals surface area (Å²) < 4.78 is 26.9. The Morgan fingerprint density at radius 3 is 1.91 bits per heavy atom. The predicted molar refractivity (Wildman–Crippen MR) is 131 cm³/mol. The van der Waals surface area contributed by atoms with Crippen LogP contribution in [0.3, 0.4) is 0 Å². The second-order valence-corrected chi connectivity index (χ2v) is 9.30. The molecular formula is C24H25N3O3S2. The van der Waals surface area contributed by atoms with Crippen LogP contribution in [0.5, 0.6) is 0 Å². The maximum absolute atomic E-state index is 13.1. The Morgan fingerprint density at radius 2 is 1.41 bits per heavy atom. The highest BCUT2D eigenvalue weighted by Crippen LogP contribution is 2.24. The molecule has 32 heavy (non-hydrogen) atoms. The second-order valence-electron chi connectivity index (χ2n) is 7.12. The molecule has 0 aliphatic carbocycles. The van der Waals surface area contributed by atoms with Gasteiger partial charge < -0.3 is 10.6 Å². The molecule has 0 saturated carbocycles. The molecule has 166 valence electrons. The van der Waals surface area contributed by atoms with Crippen molar-refractivity contribution in [2.24, 2.45) is 0 Å². The summed E-state index contributed by atoms with van der Waals surface area (Å²) in [5.41, 5.74) is 2.28. The molecule has 0 aliphatic heterocycles. The molecule has 0 aromatic heterocycles. The van der Waals surface area contributed by atoms with Crippen molar-refractivity contribution in [1.29, 1.82) is 0 Å². The zero-order valence-electron chi connectivity index (χ0n) is 17.6. The summed E-state index contributed by atoms with van der Waals surface area (Å²) in [5.74, 6) is -0.780. The molecule has 8 heteroatoms. The summed E-state index contributed by atoms with van der Waals surface area (Å²) >= 11 is 5.32. The van der Waals surface area contributed by atoms with Crippen molar-refractivity contribution in [3.63, 3.8) is 0 Å². The highest BCUT2D eigenvalue weighted by atomic mass is 32.2. The average Bonchev–Trinajstić information content (AvgIpc) is 2.79. The van der Waals surface area contributed by atoms with Crippen LogP contribution in [-0.4, -0.2) is 26.0 Å². The first-order valence-corrected chi connectivity index (χ1v) is 12.1. The van der Waals surface area contributed by atoms with E-state index in [-0.39, 0.29) is 15.9 Å². The lowest BCUT2D eigenvalue weighted by molar-refractivity contribution is -0.120. The SMILES string of the molecule is CCCNS(=O)(=O)c1ccc(NC(=S)NC(=O)C(c2ccccc2)c2ccccc2)cc1. The van der Waals surface area contributed by atoms with Gasteiger partial charge in [0.2, 0.25) is 15.9 Å². The van der Waals surface area contributed by atoms with Gasteiger partial charge in [0, 0.05) is 12.2 Å². The van der Waals surface area contributed by atoms with E-state index in [4.69, 9.17) is 12.2 Å². The Labute approximate surface area is 194 Å². The Kier molecular flexibility index (Phi) is 8.10. The third-order valence-electron chi connectivity index (χ3n) is 4.73. The number of rotatable bonds is 8. The summed E-state index contributed by atoms with van der Waals surface area (Å²) in [6.45, 7) is 2.27. The standard InChI is InChI=1S/C24H25N3O3S2/c1-2-17-25-32(29,30)21-15-13-20(14-16-21)26-24(31)27-23(28)22(18-9-5-3-6-10-18)19-11-7-4-8-12-19/h3-16,22,25H,2,17H2,1H3,(H2,26,27,28,31). The molecule has 0 atom stereocenters. The number of hydrogen-bond acceptors (Lipinski definition) is 4. The normalized spacial score (nSPS) is 11.2. The van der Waals surface area contributed by atoms with Gasteiger partial charge in [-0.3, -0.25) is 4.79 Å². The lowest BCUT2D eigenvalue weighted by atomic mass is 9.90. The van der Waals surface area contributed by atoms with Crippen molar-refractivity contribution in [3.8, 4) is 0 Å². The van der Waals surface area contributed by atoms with E-state index in [9.17, 15) is 13.2 Å². The molecule has 3 aromatic rings. The van der Waals surface area contributed by atoms with Crippen LogP contribution in [0, 0.1) is 0 Å². The first-order chi connectivity index (χ1) is 15.4. The zero-order valence-corrected chi connectivity index (χ0v) is 19.2. The number of anilines is 1. The number of thiocarbonyl (C=S) groups is 1. The molecule has 3 rings (SSSR count). The molecule has 3 aromatic carbocycles. The van der Waals surface area contributed by atoms with E-state index in [0.29, 0.717) is 18.7 Å². The number of amides is 1. The fourth-order valence-electron chi connectivity index (χ4n) is 3.17. The number of hydrogen-bond donors (Lipinski definition) is 3. The summed E-state index contributed by atoms with van der Waals surface area (Å²) in [6.07, 6.45) is 0.708. The molecule has 0 saturated heterocycles. The van der Waals surface area contributed by atoms with E-state index < -0.39 is 15.9 Å². The molecular weight excluding hydrogens is 442 g/mol. The summed E-state index contributed by atoms with van der Waals surface area (Å²) in [6, 6.07) is 25.1. The lowest BCUT2D eigenvalue weighted by Gasteiger charge is -2.18. The van der Waals surface area contributed by atoms with E-state index in [0.717, 1.165) is 11.1 Å². The Bertz CT molecular complexity index is 1110. The Morgan fingerprint density at radius 1 is 0.875 bits per heavy atom. The fourth-order valence-corrected chi connectivity index (χ4v) is 4.52. The molecule has 0 radical (unpaired) electrons. The van der Waals surface area contributed by atoms with Gasteiger partial charge in [-0.15, -0.1) is 0 Å².